The number of carbonyl (C=O) groups excluding carboxylic acids is 1. The van der Waals surface area contributed by atoms with Crippen LogP contribution in [0, 0.1) is 5.92 Å². The molecule has 1 N–H and O–H groups in total. The number of thiophene rings is 1. The maximum absolute atomic E-state index is 14.0. The van der Waals surface area contributed by atoms with Crippen molar-refractivity contribution < 1.29 is 32.2 Å². The van der Waals surface area contributed by atoms with Gasteiger partial charge < -0.3 is 19.6 Å². The first-order valence-corrected chi connectivity index (χ1v) is 17.9. The molecule has 4 heterocycles. The molecule has 2 aliphatic heterocycles. The summed E-state index contributed by atoms with van der Waals surface area (Å²) in [6.45, 7) is 1.03. The second kappa shape index (κ2) is 13.3. The Labute approximate surface area is 267 Å². The number of pyridine rings is 1. The standard InChI is InChI=1S/C32H39FN4O6S2/c1-43-20-24-8-5-15-36(24)29-14-13-25(17-34-29)45(41,42)35-18-27(21-6-3-2-4-7-21)37(30(38)19-35)26-16-28(44-31(26)32(39)40)22-9-11-23(33)12-10-22/h9-11,13-14,16-17,21,23-24,27H,2-8,12,15,18-20H2,1H3,(H,39,40)/t23?,24-,27-/m0/s1. The Morgan fingerprint density at radius 3 is 2.64 bits per heavy atom. The summed E-state index contributed by atoms with van der Waals surface area (Å²) in [7, 11) is -2.41. The van der Waals surface area contributed by atoms with Gasteiger partial charge in [0.2, 0.25) is 15.9 Å². The molecule has 2 aliphatic carbocycles. The zero-order valence-electron chi connectivity index (χ0n) is 25.3. The largest absolute Gasteiger partial charge is 0.477 e. The lowest BCUT2D eigenvalue weighted by Gasteiger charge is -2.44. The summed E-state index contributed by atoms with van der Waals surface area (Å²) in [5.41, 5.74) is 0.989. The van der Waals surface area contributed by atoms with Gasteiger partial charge in [0.1, 0.15) is 21.8 Å². The number of carbonyl (C=O) groups is 2. The van der Waals surface area contributed by atoms with Crippen molar-refractivity contribution in [1.29, 1.82) is 0 Å². The predicted octanol–water partition coefficient (Wildman–Crippen LogP) is 5.12. The molecule has 45 heavy (non-hydrogen) atoms. The highest BCUT2D eigenvalue weighted by molar-refractivity contribution is 7.89. The van der Waals surface area contributed by atoms with Gasteiger partial charge >= 0.3 is 5.97 Å². The monoisotopic (exact) mass is 658 g/mol. The molecule has 0 radical (unpaired) electrons. The summed E-state index contributed by atoms with van der Waals surface area (Å²) in [4.78, 5) is 35.3. The van der Waals surface area contributed by atoms with Gasteiger partial charge in [-0.15, -0.1) is 11.3 Å². The minimum Gasteiger partial charge on any atom is -0.477 e. The van der Waals surface area contributed by atoms with Gasteiger partial charge in [0, 0.05) is 37.7 Å². The minimum absolute atomic E-state index is 0.0140. The fraction of sp³-hybridized carbons (Fsp3) is 0.531. The van der Waals surface area contributed by atoms with Crippen molar-refractivity contribution in [1.82, 2.24) is 9.29 Å². The van der Waals surface area contributed by atoms with Crippen LogP contribution in [-0.2, 0) is 19.6 Å². The second-order valence-corrected chi connectivity index (χ2v) is 15.2. The number of hydrogen-bond acceptors (Lipinski definition) is 8. The number of nitrogens with zero attached hydrogens (tertiary/aromatic N) is 4. The number of sulfonamides is 1. The van der Waals surface area contributed by atoms with Crippen LogP contribution in [-0.4, -0.2) is 86.3 Å². The minimum atomic E-state index is -4.07. The molecule has 1 saturated carbocycles. The topological polar surface area (TPSA) is 120 Å². The number of hydrogen-bond donors (Lipinski definition) is 1. The van der Waals surface area contributed by atoms with Crippen molar-refractivity contribution in [3.05, 3.63) is 52.4 Å². The van der Waals surface area contributed by atoms with Gasteiger partial charge in [-0.2, -0.15) is 4.31 Å². The predicted molar refractivity (Wildman–Crippen MR) is 171 cm³/mol. The van der Waals surface area contributed by atoms with E-state index in [-0.39, 0.29) is 40.4 Å². The molecule has 242 valence electrons. The quantitative estimate of drug-likeness (QED) is 0.394. The summed E-state index contributed by atoms with van der Waals surface area (Å²) in [5, 5.41) is 10.2. The molecular formula is C32H39FN4O6S2. The average molecular weight is 659 g/mol. The molecule has 2 aromatic rings. The summed E-state index contributed by atoms with van der Waals surface area (Å²) in [6, 6.07) is 4.61. The molecule has 3 fully saturated rings. The Kier molecular flexibility index (Phi) is 9.42. The van der Waals surface area contributed by atoms with Crippen LogP contribution in [0.4, 0.5) is 15.9 Å². The number of methoxy groups -OCH3 is 1. The van der Waals surface area contributed by atoms with E-state index in [0.29, 0.717) is 22.9 Å². The number of carboxylic acid groups (broad SMARTS) is 1. The lowest BCUT2D eigenvalue weighted by atomic mass is 9.82. The fourth-order valence-corrected chi connectivity index (χ4v) is 9.48. The van der Waals surface area contributed by atoms with Crippen LogP contribution in [0.25, 0.3) is 5.57 Å². The number of carboxylic acids is 1. The Hall–Kier alpha value is -3.13. The Morgan fingerprint density at radius 2 is 1.98 bits per heavy atom. The number of alkyl halides is 1. The van der Waals surface area contributed by atoms with E-state index in [9.17, 15) is 27.5 Å². The molecule has 1 unspecified atom stereocenters. The van der Waals surface area contributed by atoms with Crippen molar-refractivity contribution in [3.63, 3.8) is 0 Å². The first-order valence-electron chi connectivity index (χ1n) is 15.6. The maximum Gasteiger partial charge on any atom is 0.348 e. The Bertz CT molecular complexity index is 1580. The third-order valence-electron chi connectivity index (χ3n) is 9.38. The van der Waals surface area contributed by atoms with Gasteiger partial charge in [0.05, 0.1) is 30.9 Å². The van der Waals surface area contributed by atoms with Crippen LogP contribution in [0.1, 0.15) is 65.9 Å². The number of amides is 1. The number of anilines is 2. The SMILES string of the molecule is COC[C@@H]1CCCN1c1ccc(S(=O)(=O)N2CC(=O)N(c3cc(C4=CCC(F)C=C4)sc3C(=O)O)[C@H](C3CCCCC3)C2)cn1. The first-order chi connectivity index (χ1) is 21.7. The van der Waals surface area contributed by atoms with Gasteiger partial charge in [0.15, 0.2) is 0 Å². The molecule has 0 bridgehead atoms. The molecule has 2 aromatic heterocycles. The number of aromatic carboxylic acids is 1. The van der Waals surface area contributed by atoms with E-state index >= 15 is 0 Å². The van der Waals surface area contributed by atoms with Crippen LogP contribution < -0.4 is 9.80 Å². The lowest BCUT2D eigenvalue weighted by Crippen LogP contribution is -2.60. The molecule has 13 heteroatoms. The van der Waals surface area contributed by atoms with E-state index in [4.69, 9.17) is 4.74 Å². The Balaban J connectivity index is 1.30. The number of ether oxygens (including phenoxy) is 1. The number of halogens is 1. The number of piperazine rings is 1. The number of allylic oxidation sites excluding steroid dienone is 4. The highest BCUT2D eigenvalue weighted by Gasteiger charge is 2.44. The lowest BCUT2D eigenvalue weighted by molar-refractivity contribution is -0.121. The van der Waals surface area contributed by atoms with Gasteiger partial charge in [-0.25, -0.2) is 22.6 Å². The Morgan fingerprint density at radius 1 is 1.18 bits per heavy atom. The molecule has 0 aromatic carbocycles. The zero-order chi connectivity index (χ0) is 31.7. The van der Waals surface area contributed by atoms with E-state index in [1.54, 1.807) is 42.4 Å². The van der Waals surface area contributed by atoms with Gasteiger partial charge in [-0.1, -0.05) is 31.4 Å². The van der Waals surface area contributed by atoms with E-state index in [1.165, 1.54) is 16.6 Å². The van der Waals surface area contributed by atoms with Crippen molar-refractivity contribution in [2.45, 2.75) is 74.5 Å². The molecular weight excluding hydrogens is 620 g/mol. The molecule has 1 amide bonds. The molecule has 0 spiro atoms. The average Bonchev–Trinajstić information content (AvgIpc) is 3.70. The van der Waals surface area contributed by atoms with E-state index < -0.39 is 40.7 Å². The highest BCUT2D eigenvalue weighted by Crippen LogP contribution is 2.41. The van der Waals surface area contributed by atoms with Crippen molar-refractivity contribution in [2.24, 2.45) is 5.92 Å². The van der Waals surface area contributed by atoms with Gasteiger partial charge in [0.25, 0.3) is 0 Å². The third kappa shape index (κ3) is 6.45. The third-order valence-corrected chi connectivity index (χ3v) is 12.3. The van der Waals surface area contributed by atoms with Crippen LogP contribution in [0.2, 0.25) is 0 Å². The van der Waals surface area contributed by atoms with E-state index in [1.807, 2.05) is 0 Å². The van der Waals surface area contributed by atoms with Gasteiger partial charge in [-0.3, -0.25) is 4.79 Å². The van der Waals surface area contributed by atoms with E-state index in [0.717, 1.165) is 62.8 Å². The van der Waals surface area contributed by atoms with E-state index in [2.05, 4.69) is 9.88 Å². The summed E-state index contributed by atoms with van der Waals surface area (Å²) < 4.78 is 48.2. The van der Waals surface area contributed by atoms with Crippen LogP contribution in [0.3, 0.4) is 0 Å². The summed E-state index contributed by atoms with van der Waals surface area (Å²) in [6.07, 6.45) is 11.9. The van der Waals surface area contributed by atoms with Crippen LogP contribution >= 0.6 is 11.3 Å². The second-order valence-electron chi connectivity index (χ2n) is 12.2. The van der Waals surface area contributed by atoms with Crippen molar-refractivity contribution >= 4 is 50.3 Å². The van der Waals surface area contributed by atoms with Crippen molar-refractivity contribution in [2.75, 3.05) is 43.2 Å². The fourth-order valence-electron chi connectivity index (χ4n) is 7.12. The molecule has 4 aliphatic rings. The van der Waals surface area contributed by atoms with Crippen molar-refractivity contribution in [3.8, 4) is 0 Å². The molecule has 6 rings (SSSR count). The first kappa shape index (κ1) is 31.8. The highest BCUT2D eigenvalue weighted by atomic mass is 32.2. The maximum atomic E-state index is 14.0. The molecule has 10 nitrogen and oxygen atoms in total. The van der Waals surface area contributed by atoms with Crippen LogP contribution in [0.15, 0.2) is 47.5 Å². The van der Waals surface area contributed by atoms with Gasteiger partial charge in [-0.05, 0) is 61.4 Å². The number of rotatable bonds is 9. The normalized spacial score (nSPS) is 25.2. The summed E-state index contributed by atoms with van der Waals surface area (Å²) >= 11 is 1.05. The smallest absolute Gasteiger partial charge is 0.348 e. The molecule has 3 atom stereocenters. The summed E-state index contributed by atoms with van der Waals surface area (Å²) in [5.74, 6) is -0.922. The number of aromatic nitrogens is 1. The zero-order valence-corrected chi connectivity index (χ0v) is 26.9. The molecule has 2 saturated heterocycles. The van der Waals surface area contributed by atoms with Crippen LogP contribution in [0.5, 0.6) is 0 Å².